The molecule has 34 heavy (non-hydrogen) atoms. The largest absolute Gasteiger partial charge is 0.491 e. The number of carbonyl (C=O) groups excluding carboxylic acids is 2. The van der Waals surface area contributed by atoms with Crippen LogP contribution in [0.3, 0.4) is 0 Å². The molecule has 1 saturated heterocycles. The molecule has 0 bridgehead atoms. The fraction of sp³-hybridized carbons (Fsp3) is 0.385. The van der Waals surface area contributed by atoms with Crippen molar-refractivity contribution in [2.24, 2.45) is 0 Å². The maximum Gasteiger partial charge on any atom is 0.270 e. The average Bonchev–Trinajstić information content (AvgIpc) is 3.30. The monoisotopic (exact) mass is 465 g/mol. The second-order valence-corrected chi connectivity index (χ2v) is 8.88. The molecule has 2 aliphatic heterocycles. The topological polar surface area (TPSA) is 83.7 Å². The van der Waals surface area contributed by atoms with Crippen molar-refractivity contribution >= 4 is 22.7 Å². The van der Waals surface area contributed by atoms with Gasteiger partial charge in [0.2, 0.25) is 0 Å². The maximum atomic E-state index is 14.1. The Labute approximate surface area is 197 Å². The van der Waals surface area contributed by atoms with E-state index in [1.54, 1.807) is 23.1 Å². The van der Waals surface area contributed by atoms with Crippen LogP contribution < -0.4 is 10.1 Å². The molecule has 2 aromatic carbocycles. The van der Waals surface area contributed by atoms with Crippen LogP contribution in [0.5, 0.6) is 5.75 Å². The Kier molecular flexibility index (Phi) is 6.24. The summed E-state index contributed by atoms with van der Waals surface area (Å²) in [6.45, 7) is 1.46. The number of ether oxygens (including phenoxy) is 2. The highest BCUT2D eigenvalue weighted by atomic mass is 19.1. The molecule has 2 N–H and O–H groups in total. The van der Waals surface area contributed by atoms with Crippen LogP contribution in [0.4, 0.5) is 4.39 Å². The number of amides is 2. The summed E-state index contributed by atoms with van der Waals surface area (Å²) in [7, 11) is 0. The Morgan fingerprint density at radius 2 is 1.97 bits per heavy atom. The molecule has 1 fully saturated rings. The first-order chi connectivity index (χ1) is 16.6. The number of carbonyl (C=O) groups is 2. The summed E-state index contributed by atoms with van der Waals surface area (Å²) >= 11 is 0. The van der Waals surface area contributed by atoms with Crippen LogP contribution >= 0.6 is 0 Å². The van der Waals surface area contributed by atoms with Gasteiger partial charge in [0.1, 0.15) is 23.9 Å². The van der Waals surface area contributed by atoms with Gasteiger partial charge in [-0.05, 0) is 49.4 Å². The van der Waals surface area contributed by atoms with Crippen molar-refractivity contribution in [3.63, 3.8) is 0 Å². The highest BCUT2D eigenvalue weighted by molar-refractivity contribution is 5.98. The molecule has 0 radical (unpaired) electrons. The van der Waals surface area contributed by atoms with Gasteiger partial charge in [0.25, 0.3) is 11.8 Å². The number of hydrogen-bond acceptors (Lipinski definition) is 4. The number of H-pyrrole nitrogens is 1. The molecule has 2 amide bonds. The number of aromatic amines is 1. The second-order valence-electron chi connectivity index (χ2n) is 8.88. The molecular formula is C26H28FN3O4. The third-order valence-electron chi connectivity index (χ3n) is 6.62. The van der Waals surface area contributed by atoms with Crippen LogP contribution in [0.1, 0.15) is 35.3 Å². The van der Waals surface area contributed by atoms with Crippen molar-refractivity contribution in [3.8, 4) is 5.75 Å². The average molecular weight is 466 g/mol. The number of rotatable bonds is 1. The van der Waals surface area contributed by atoms with E-state index in [2.05, 4.69) is 16.4 Å². The van der Waals surface area contributed by atoms with Gasteiger partial charge in [-0.25, -0.2) is 4.39 Å². The smallest absolute Gasteiger partial charge is 0.270 e. The molecule has 178 valence electrons. The van der Waals surface area contributed by atoms with Crippen molar-refractivity contribution in [3.05, 3.63) is 65.6 Å². The minimum absolute atomic E-state index is 0.146. The van der Waals surface area contributed by atoms with E-state index in [1.807, 2.05) is 18.2 Å². The van der Waals surface area contributed by atoms with E-state index >= 15 is 0 Å². The van der Waals surface area contributed by atoms with Crippen molar-refractivity contribution in [1.29, 1.82) is 0 Å². The number of nitrogens with zero attached hydrogens (tertiary/aromatic N) is 1. The van der Waals surface area contributed by atoms with Crippen LogP contribution in [0, 0.1) is 5.82 Å². The molecule has 1 aromatic heterocycles. The summed E-state index contributed by atoms with van der Waals surface area (Å²) in [4.78, 5) is 31.1. The molecular weight excluding hydrogens is 437 g/mol. The zero-order chi connectivity index (χ0) is 23.5. The van der Waals surface area contributed by atoms with E-state index < -0.39 is 11.4 Å². The van der Waals surface area contributed by atoms with Gasteiger partial charge in [-0.1, -0.05) is 30.3 Å². The maximum absolute atomic E-state index is 14.1. The molecule has 1 spiro atoms. The third kappa shape index (κ3) is 4.37. The van der Waals surface area contributed by atoms with Gasteiger partial charge in [0.15, 0.2) is 5.60 Å². The van der Waals surface area contributed by atoms with Gasteiger partial charge in [0, 0.05) is 11.9 Å². The minimum atomic E-state index is -1.12. The number of aryl methyl sites for hydroxylation is 1. The fourth-order valence-corrected chi connectivity index (χ4v) is 4.83. The Balaban J connectivity index is 1.34. The second kappa shape index (κ2) is 9.46. The predicted molar refractivity (Wildman–Crippen MR) is 125 cm³/mol. The summed E-state index contributed by atoms with van der Waals surface area (Å²) in [6.07, 6.45) is 2.99. The number of benzene rings is 2. The first kappa shape index (κ1) is 22.4. The van der Waals surface area contributed by atoms with Gasteiger partial charge in [0.05, 0.1) is 25.2 Å². The summed E-state index contributed by atoms with van der Waals surface area (Å²) in [5.74, 6) is -0.0513. The number of halogens is 1. The Morgan fingerprint density at radius 3 is 2.85 bits per heavy atom. The zero-order valence-electron chi connectivity index (χ0n) is 18.9. The van der Waals surface area contributed by atoms with Gasteiger partial charge in [-0.3, -0.25) is 9.59 Å². The van der Waals surface area contributed by atoms with E-state index in [9.17, 15) is 14.0 Å². The first-order valence-corrected chi connectivity index (χ1v) is 11.8. The van der Waals surface area contributed by atoms with Gasteiger partial charge < -0.3 is 24.7 Å². The molecule has 0 saturated carbocycles. The zero-order valence-corrected chi connectivity index (χ0v) is 18.9. The van der Waals surface area contributed by atoms with Crippen molar-refractivity contribution in [2.45, 2.75) is 31.3 Å². The Morgan fingerprint density at radius 1 is 1.09 bits per heavy atom. The number of morpholine rings is 1. The summed E-state index contributed by atoms with van der Waals surface area (Å²) in [5.41, 5.74) is 0.633. The van der Waals surface area contributed by atoms with Crippen LogP contribution in [0.2, 0.25) is 0 Å². The summed E-state index contributed by atoms with van der Waals surface area (Å²) in [5, 5.41) is 3.57. The van der Waals surface area contributed by atoms with E-state index in [1.165, 1.54) is 6.07 Å². The molecule has 5 rings (SSSR count). The Hall–Kier alpha value is -3.39. The van der Waals surface area contributed by atoms with Gasteiger partial charge in [-0.2, -0.15) is 0 Å². The number of aromatic nitrogens is 1. The number of para-hydroxylation sites is 2. The molecule has 7 nitrogen and oxygen atoms in total. The quantitative estimate of drug-likeness (QED) is 0.577. The third-order valence-corrected chi connectivity index (χ3v) is 6.62. The van der Waals surface area contributed by atoms with Crippen molar-refractivity contribution < 1.29 is 23.5 Å². The molecule has 2 aliphatic rings. The lowest BCUT2D eigenvalue weighted by Gasteiger charge is -2.41. The SMILES string of the molecule is O=C(c1cc2cccc(F)c2[nH]1)N1CCOC2(CCCCc3ccccc3OCCNC2=O)C1. The molecule has 0 aliphatic carbocycles. The molecule has 3 heterocycles. The van der Waals surface area contributed by atoms with Crippen LogP contribution in [0.15, 0.2) is 48.5 Å². The highest BCUT2D eigenvalue weighted by Gasteiger charge is 2.44. The van der Waals surface area contributed by atoms with Crippen molar-refractivity contribution in [2.75, 3.05) is 32.8 Å². The Bertz CT molecular complexity index is 1210. The fourth-order valence-electron chi connectivity index (χ4n) is 4.83. The van der Waals surface area contributed by atoms with E-state index in [0.717, 1.165) is 30.6 Å². The lowest BCUT2D eigenvalue weighted by molar-refractivity contribution is -0.159. The van der Waals surface area contributed by atoms with Crippen LogP contribution in [-0.2, 0) is 16.0 Å². The molecule has 1 atom stereocenters. The van der Waals surface area contributed by atoms with Crippen LogP contribution in [-0.4, -0.2) is 60.1 Å². The lowest BCUT2D eigenvalue weighted by atomic mass is 9.91. The lowest BCUT2D eigenvalue weighted by Crippen LogP contribution is -2.61. The first-order valence-electron chi connectivity index (χ1n) is 11.8. The van der Waals surface area contributed by atoms with E-state index in [0.29, 0.717) is 42.7 Å². The van der Waals surface area contributed by atoms with E-state index in [4.69, 9.17) is 9.47 Å². The highest BCUT2D eigenvalue weighted by Crippen LogP contribution is 2.29. The van der Waals surface area contributed by atoms with Crippen LogP contribution in [0.25, 0.3) is 10.9 Å². The molecule has 8 heteroatoms. The number of nitrogens with one attached hydrogen (secondary N) is 2. The predicted octanol–water partition coefficient (Wildman–Crippen LogP) is 3.44. The molecule has 1 unspecified atom stereocenters. The van der Waals surface area contributed by atoms with Gasteiger partial charge >= 0.3 is 0 Å². The summed E-state index contributed by atoms with van der Waals surface area (Å²) < 4.78 is 26.1. The van der Waals surface area contributed by atoms with Gasteiger partial charge in [-0.15, -0.1) is 0 Å². The standard InChI is InChI=1S/C26H28FN3O4/c27-20-9-5-8-19-16-21(29-23(19)20)24(31)30-13-15-34-26(17-30)11-4-3-7-18-6-1-2-10-22(18)33-14-12-28-25(26)32/h1-2,5-6,8-10,16,29H,3-4,7,11-15,17H2,(H,28,32). The van der Waals surface area contributed by atoms with E-state index in [-0.39, 0.29) is 25.0 Å². The minimum Gasteiger partial charge on any atom is -0.491 e. The number of hydrogen-bond donors (Lipinski definition) is 2. The normalized spacial score (nSPS) is 21.8. The van der Waals surface area contributed by atoms with Crippen molar-refractivity contribution in [1.82, 2.24) is 15.2 Å². The summed E-state index contributed by atoms with van der Waals surface area (Å²) in [6, 6.07) is 14.3. The molecule has 3 aromatic rings. The number of fused-ring (bicyclic) bond motifs is 2.